The van der Waals surface area contributed by atoms with Crippen LogP contribution in [0, 0.1) is 0 Å². The minimum absolute atomic E-state index is 0.261. The summed E-state index contributed by atoms with van der Waals surface area (Å²) in [6.07, 6.45) is 4.84. The molecule has 0 aliphatic carbocycles. The second kappa shape index (κ2) is 1.50. The van der Waals surface area contributed by atoms with E-state index >= 15 is 0 Å². The van der Waals surface area contributed by atoms with Crippen LogP contribution in [0.5, 0.6) is 0 Å². The summed E-state index contributed by atoms with van der Waals surface area (Å²) in [5.41, 5.74) is 0. The van der Waals surface area contributed by atoms with Crippen molar-refractivity contribution in [2.24, 2.45) is 0 Å². The highest BCUT2D eigenvalue weighted by atomic mass is 16.2. The van der Waals surface area contributed by atoms with Crippen molar-refractivity contribution in [2.75, 3.05) is 6.54 Å². The summed E-state index contributed by atoms with van der Waals surface area (Å²) in [7, 11) is 0. The van der Waals surface area contributed by atoms with Crippen LogP contribution in [-0.2, 0) is 4.79 Å². The molecule has 0 bridgehead atoms. The van der Waals surface area contributed by atoms with Gasteiger partial charge in [0.1, 0.15) is 6.17 Å². The van der Waals surface area contributed by atoms with Crippen molar-refractivity contribution in [1.82, 2.24) is 10.2 Å². The van der Waals surface area contributed by atoms with Gasteiger partial charge in [0.2, 0.25) is 5.91 Å². The van der Waals surface area contributed by atoms with Crippen LogP contribution in [0.1, 0.15) is 6.42 Å². The third kappa shape index (κ3) is 0.542. The van der Waals surface area contributed by atoms with Crippen LogP contribution in [0.25, 0.3) is 0 Å². The van der Waals surface area contributed by atoms with Crippen molar-refractivity contribution >= 4 is 5.91 Å². The lowest BCUT2D eigenvalue weighted by molar-refractivity contribution is -0.146. The average molecular weight is 124 g/mol. The molecule has 0 aromatic rings. The van der Waals surface area contributed by atoms with E-state index in [2.05, 4.69) is 5.32 Å². The van der Waals surface area contributed by atoms with Gasteiger partial charge >= 0.3 is 0 Å². The quantitative estimate of drug-likeness (QED) is 0.448. The highest BCUT2D eigenvalue weighted by Crippen LogP contribution is 2.18. The first-order valence-electron chi connectivity index (χ1n) is 3.08. The first-order chi connectivity index (χ1) is 4.38. The van der Waals surface area contributed by atoms with E-state index in [1.54, 1.807) is 0 Å². The number of rotatable bonds is 0. The fraction of sp³-hybridized carbons (Fsp3) is 0.500. The Bertz CT molecular complexity index is 176. The molecule has 2 rings (SSSR count). The van der Waals surface area contributed by atoms with Crippen LogP contribution < -0.4 is 5.32 Å². The molecule has 1 fully saturated rings. The second-order valence-corrected chi connectivity index (χ2v) is 2.34. The van der Waals surface area contributed by atoms with E-state index in [0.717, 1.165) is 6.54 Å². The van der Waals surface area contributed by atoms with Crippen molar-refractivity contribution in [3.8, 4) is 0 Å². The van der Waals surface area contributed by atoms with Gasteiger partial charge in [0.05, 0.1) is 6.42 Å². The molecular weight excluding hydrogens is 116 g/mol. The number of hydrogen-bond acceptors (Lipinski definition) is 2. The SMILES string of the molecule is O=C1C[C@H]2NC=CCN12. The Labute approximate surface area is 53.3 Å². The van der Waals surface area contributed by atoms with Crippen molar-refractivity contribution in [3.05, 3.63) is 12.3 Å². The predicted molar refractivity (Wildman–Crippen MR) is 32.4 cm³/mol. The summed E-state index contributed by atoms with van der Waals surface area (Å²) in [5.74, 6) is 0.261. The minimum atomic E-state index is 0.261. The van der Waals surface area contributed by atoms with Gasteiger partial charge in [0, 0.05) is 6.54 Å². The average Bonchev–Trinajstić information content (AvgIpc) is 1.86. The van der Waals surface area contributed by atoms with Crippen molar-refractivity contribution in [1.29, 1.82) is 0 Å². The van der Waals surface area contributed by atoms with Gasteiger partial charge < -0.3 is 10.2 Å². The number of nitrogens with one attached hydrogen (secondary N) is 1. The Kier molecular flexibility index (Phi) is 0.806. The molecule has 2 aliphatic heterocycles. The summed E-state index contributed by atoms with van der Waals surface area (Å²) < 4.78 is 0. The monoisotopic (exact) mass is 124 g/mol. The summed E-state index contributed by atoms with van der Waals surface area (Å²) in [6.45, 7) is 0.788. The molecule has 1 N–H and O–H groups in total. The Morgan fingerprint density at radius 2 is 2.67 bits per heavy atom. The molecule has 0 saturated carbocycles. The minimum Gasteiger partial charge on any atom is -0.371 e. The normalized spacial score (nSPS) is 30.9. The number of fused-ring (bicyclic) bond motifs is 1. The Morgan fingerprint density at radius 1 is 1.78 bits per heavy atom. The zero-order chi connectivity index (χ0) is 6.27. The fourth-order valence-electron chi connectivity index (χ4n) is 1.18. The van der Waals surface area contributed by atoms with Crippen LogP contribution in [0.15, 0.2) is 12.3 Å². The number of hydrogen-bond donors (Lipinski definition) is 1. The third-order valence-corrected chi connectivity index (χ3v) is 1.77. The predicted octanol–water partition coefficient (Wildman–Crippen LogP) is -0.338. The molecular formula is C6H8N2O. The smallest absolute Gasteiger partial charge is 0.228 e. The Morgan fingerprint density at radius 3 is 3.22 bits per heavy atom. The number of amides is 1. The van der Waals surface area contributed by atoms with E-state index in [-0.39, 0.29) is 5.91 Å². The molecule has 1 amide bonds. The molecule has 2 heterocycles. The molecule has 0 spiro atoms. The molecule has 0 aromatic heterocycles. The van der Waals surface area contributed by atoms with E-state index in [0.29, 0.717) is 12.6 Å². The van der Waals surface area contributed by atoms with E-state index < -0.39 is 0 Å². The van der Waals surface area contributed by atoms with Gasteiger partial charge in [0.15, 0.2) is 0 Å². The van der Waals surface area contributed by atoms with E-state index in [1.807, 2.05) is 17.2 Å². The van der Waals surface area contributed by atoms with Gasteiger partial charge in [-0.1, -0.05) is 0 Å². The maximum Gasteiger partial charge on any atom is 0.228 e. The van der Waals surface area contributed by atoms with Gasteiger partial charge in [-0.25, -0.2) is 0 Å². The van der Waals surface area contributed by atoms with E-state index in [9.17, 15) is 4.79 Å². The van der Waals surface area contributed by atoms with Gasteiger partial charge in [-0.3, -0.25) is 4.79 Å². The molecule has 9 heavy (non-hydrogen) atoms. The van der Waals surface area contributed by atoms with Gasteiger partial charge in [-0.2, -0.15) is 0 Å². The number of β-lactam (4-membered cyclic amide) rings is 1. The molecule has 2 aliphatic rings. The highest BCUT2D eigenvalue weighted by Gasteiger charge is 2.35. The number of carbonyl (C=O) groups excluding carboxylic acids is 1. The highest BCUT2D eigenvalue weighted by molar-refractivity contribution is 5.83. The van der Waals surface area contributed by atoms with Gasteiger partial charge in [0.25, 0.3) is 0 Å². The van der Waals surface area contributed by atoms with E-state index in [1.165, 1.54) is 0 Å². The molecule has 0 aromatic carbocycles. The molecule has 3 heteroatoms. The largest absolute Gasteiger partial charge is 0.371 e. The lowest BCUT2D eigenvalue weighted by Crippen LogP contribution is -2.59. The van der Waals surface area contributed by atoms with Crippen LogP contribution in [0.2, 0.25) is 0 Å². The third-order valence-electron chi connectivity index (χ3n) is 1.77. The lowest BCUT2D eigenvalue weighted by atomic mass is 10.1. The molecule has 1 atom stereocenters. The molecule has 0 unspecified atom stereocenters. The zero-order valence-electron chi connectivity index (χ0n) is 5.00. The Hall–Kier alpha value is -0.990. The number of nitrogens with zero attached hydrogens (tertiary/aromatic N) is 1. The molecule has 0 radical (unpaired) electrons. The maximum absolute atomic E-state index is 10.7. The molecule has 48 valence electrons. The number of carbonyl (C=O) groups is 1. The molecule has 1 saturated heterocycles. The maximum atomic E-state index is 10.7. The van der Waals surface area contributed by atoms with Gasteiger partial charge in [-0.05, 0) is 12.3 Å². The van der Waals surface area contributed by atoms with Crippen LogP contribution in [0.4, 0.5) is 0 Å². The summed E-state index contributed by atoms with van der Waals surface area (Å²) >= 11 is 0. The zero-order valence-corrected chi connectivity index (χ0v) is 5.00. The fourth-order valence-corrected chi connectivity index (χ4v) is 1.18. The Balaban J connectivity index is 2.12. The topological polar surface area (TPSA) is 32.3 Å². The van der Waals surface area contributed by atoms with Crippen molar-refractivity contribution in [3.63, 3.8) is 0 Å². The van der Waals surface area contributed by atoms with Crippen LogP contribution in [0.3, 0.4) is 0 Å². The lowest BCUT2D eigenvalue weighted by Gasteiger charge is -2.41. The molecule has 3 nitrogen and oxygen atoms in total. The van der Waals surface area contributed by atoms with Crippen molar-refractivity contribution < 1.29 is 4.79 Å². The van der Waals surface area contributed by atoms with Crippen LogP contribution >= 0.6 is 0 Å². The summed E-state index contributed by atoms with van der Waals surface area (Å²) in [5, 5.41) is 3.07. The summed E-state index contributed by atoms with van der Waals surface area (Å²) in [6, 6.07) is 0. The van der Waals surface area contributed by atoms with Crippen LogP contribution in [-0.4, -0.2) is 23.5 Å². The second-order valence-electron chi connectivity index (χ2n) is 2.34. The standard InChI is InChI=1S/C6H8N2O/c9-6-4-5-7-2-1-3-8(5)6/h1-2,5,7H,3-4H2/t5-/m0/s1. The first kappa shape index (κ1) is 4.85. The summed E-state index contributed by atoms with van der Waals surface area (Å²) in [4.78, 5) is 12.5. The van der Waals surface area contributed by atoms with Gasteiger partial charge in [-0.15, -0.1) is 0 Å². The first-order valence-corrected chi connectivity index (χ1v) is 3.08. The van der Waals surface area contributed by atoms with Crippen molar-refractivity contribution in [2.45, 2.75) is 12.6 Å². The van der Waals surface area contributed by atoms with E-state index in [4.69, 9.17) is 0 Å².